The number of nitrogens with one attached hydrogen (secondary N) is 3. The summed E-state index contributed by atoms with van der Waals surface area (Å²) in [6.07, 6.45) is 1.48. The average molecular weight is 499 g/mol. The molecule has 35 heavy (non-hydrogen) atoms. The maximum absolute atomic E-state index is 14.6. The van der Waals surface area contributed by atoms with Crippen LogP contribution in [0.15, 0.2) is 36.7 Å². The largest absolute Gasteiger partial charge is 0.379 e. The second-order valence-electron chi connectivity index (χ2n) is 7.90. The van der Waals surface area contributed by atoms with Crippen molar-refractivity contribution in [3.63, 3.8) is 0 Å². The van der Waals surface area contributed by atoms with E-state index in [1.165, 1.54) is 29.8 Å². The standard InChI is InChI=1S/C23H24F2N8OS/c1-26-18-11-16(15-3-2-14(24)10-17(15)25)21-22(30-18)35-23(32-21)31-20-12-19(28-13-29-20)27-4-5-33-6-8-34-9-7-33/h2-3,10-13H,4-9H2,1H3,(H,26,30)(H2,27,28,29,31,32). The van der Waals surface area contributed by atoms with E-state index in [0.717, 1.165) is 45.5 Å². The number of aromatic nitrogens is 4. The van der Waals surface area contributed by atoms with Crippen molar-refractivity contribution in [2.45, 2.75) is 0 Å². The van der Waals surface area contributed by atoms with Gasteiger partial charge in [0.25, 0.3) is 0 Å². The van der Waals surface area contributed by atoms with Crippen LogP contribution in [0.1, 0.15) is 0 Å². The Hall–Kier alpha value is -3.48. The first-order valence-electron chi connectivity index (χ1n) is 11.2. The quantitative estimate of drug-likeness (QED) is 0.333. The van der Waals surface area contributed by atoms with Crippen molar-refractivity contribution in [3.8, 4) is 11.1 Å². The zero-order valence-corrected chi connectivity index (χ0v) is 19.8. The lowest BCUT2D eigenvalue weighted by Gasteiger charge is -2.26. The Morgan fingerprint density at radius 2 is 1.83 bits per heavy atom. The summed E-state index contributed by atoms with van der Waals surface area (Å²) in [6, 6.07) is 7.00. The summed E-state index contributed by atoms with van der Waals surface area (Å²) in [5.41, 5.74) is 1.29. The molecule has 5 rings (SSSR count). The molecule has 1 aliphatic rings. The van der Waals surface area contributed by atoms with Gasteiger partial charge in [-0.2, -0.15) is 0 Å². The van der Waals surface area contributed by atoms with E-state index < -0.39 is 11.6 Å². The summed E-state index contributed by atoms with van der Waals surface area (Å²) in [6.45, 7) is 5.05. The first-order valence-corrected chi connectivity index (χ1v) is 12.0. The fraction of sp³-hybridized carbons (Fsp3) is 0.304. The van der Waals surface area contributed by atoms with Crippen molar-refractivity contribution < 1.29 is 13.5 Å². The first kappa shape index (κ1) is 23.3. The predicted molar refractivity (Wildman–Crippen MR) is 133 cm³/mol. The third-order valence-electron chi connectivity index (χ3n) is 5.58. The Morgan fingerprint density at radius 3 is 2.63 bits per heavy atom. The molecule has 4 heterocycles. The molecule has 3 aromatic heterocycles. The normalized spacial score (nSPS) is 14.3. The molecule has 0 atom stereocenters. The molecule has 1 aromatic carbocycles. The van der Waals surface area contributed by atoms with Crippen molar-refractivity contribution in [1.29, 1.82) is 0 Å². The molecule has 4 aromatic rings. The van der Waals surface area contributed by atoms with E-state index in [9.17, 15) is 8.78 Å². The number of rotatable bonds is 8. The number of halogens is 2. The number of benzene rings is 1. The SMILES string of the molecule is CNc1cc(-c2ccc(F)cc2F)c2nc(Nc3cc(NCCN4CCOCC4)ncn3)sc2n1. The van der Waals surface area contributed by atoms with E-state index in [2.05, 4.69) is 40.8 Å². The van der Waals surface area contributed by atoms with Gasteiger partial charge in [0.05, 0.1) is 13.2 Å². The minimum atomic E-state index is -0.661. The van der Waals surface area contributed by atoms with Crippen molar-refractivity contribution >= 4 is 44.3 Å². The second kappa shape index (κ2) is 10.4. The van der Waals surface area contributed by atoms with Gasteiger partial charge < -0.3 is 20.7 Å². The van der Waals surface area contributed by atoms with Crippen LogP contribution in [0.2, 0.25) is 0 Å². The van der Waals surface area contributed by atoms with Crippen LogP contribution in [-0.2, 0) is 4.74 Å². The van der Waals surface area contributed by atoms with Gasteiger partial charge in [0.2, 0.25) is 0 Å². The molecule has 0 radical (unpaired) electrons. The number of fused-ring (bicyclic) bond motifs is 1. The molecular formula is C23H24F2N8OS. The Balaban J connectivity index is 1.35. The third-order valence-corrected chi connectivity index (χ3v) is 6.45. The number of nitrogens with zero attached hydrogens (tertiary/aromatic N) is 5. The molecule has 1 fully saturated rings. The first-order chi connectivity index (χ1) is 17.1. The molecule has 0 aliphatic carbocycles. The fourth-order valence-electron chi connectivity index (χ4n) is 3.80. The Kier molecular flexibility index (Phi) is 6.93. The summed E-state index contributed by atoms with van der Waals surface area (Å²) >= 11 is 1.31. The molecule has 1 aliphatic heterocycles. The Labute approximate surface area is 204 Å². The lowest BCUT2D eigenvalue weighted by atomic mass is 10.1. The molecule has 9 nitrogen and oxygen atoms in total. The van der Waals surface area contributed by atoms with Crippen LogP contribution in [0, 0.1) is 11.6 Å². The zero-order valence-electron chi connectivity index (χ0n) is 19.0. The highest BCUT2D eigenvalue weighted by Crippen LogP contribution is 2.36. The Morgan fingerprint density at radius 1 is 1.00 bits per heavy atom. The maximum atomic E-state index is 14.6. The lowest BCUT2D eigenvalue weighted by molar-refractivity contribution is 0.0398. The van der Waals surface area contributed by atoms with Gasteiger partial charge >= 0.3 is 0 Å². The molecule has 0 bridgehead atoms. The predicted octanol–water partition coefficient (Wildman–Crippen LogP) is 3.96. The summed E-state index contributed by atoms with van der Waals surface area (Å²) in [4.78, 5) is 20.7. The summed E-state index contributed by atoms with van der Waals surface area (Å²) in [5, 5.41) is 10.0. The van der Waals surface area contributed by atoms with E-state index in [1.54, 1.807) is 19.2 Å². The van der Waals surface area contributed by atoms with E-state index in [1.807, 2.05) is 0 Å². The minimum Gasteiger partial charge on any atom is -0.379 e. The second-order valence-corrected chi connectivity index (χ2v) is 8.87. The molecule has 182 valence electrons. The number of morpholine rings is 1. The van der Waals surface area contributed by atoms with E-state index in [0.29, 0.717) is 38.5 Å². The molecule has 3 N–H and O–H groups in total. The van der Waals surface area contributed by atoms with Gasteiger partial charge in [0, 0.05) is 56.5 Å². The summed E-state index contributed by atoms with van der Waals surface area (Å²) in [7, 11) is 1.73. The van der Waals surface area contributed by atoms with Gasteiger partial charge in [-0.15, -0.1) is 0 Å². The summed E-state index contributed by atoms with van der Waals surface area (Å²) in [5.74, 6) is 0.521. The number of hydrogen-bond acceptors (Lipinski definition) is 10. The maximum Gasteiger partial charge on any atom is 0.190 e. The average Bonchev–Trinajstić information content (AvgIpc) is 3.27. The molecule has 0 amide bonds. The van der Waals surface area contributed by atoms with Crippen LogP contribution in [-0.4, -0.2) is 71.3 Å². The van der Waals surface area contributed by atoms with Crippen LogP contribution >= 0.6 is 11.3 Å². The fourth-order valence-corrected chi connectivity index (χ4v) is 4.68. The minimum absolute atomic E-state index is 0.251. The van der Waals surface area contributed by atoms with Crippen molar-refractivity contribution in [3.05, 3.63) is 48.3 Å². The van der Waals surface area contributed by atoms with Gasteiger partial charge in [-0.25, -0.2) is 28.7 Å². The highest BCUT2D eigenvalue weighted by atomic mass is 32.1. The van der Waals surface area contributed by atoms with Crippen LogP contribution < -0.4 is 16.0 Å². The van der Waals surface area contributed by atoms with E-state index in [4.69, 9.17) is 4.74 Å². The smallest absolute Gasteiger partial charge is 0.190 e. The molecule has 0 spiro atoms. The molecule has 1 saturated heterocycles. The van der Waals surface area contributed by atoms with Crippen molar-refractivity contribution in [2.24, 2.45) is 0 Å². The molecule has 0 unspecified atom stereocenters. The van der Waals surface area contributed by atoms with Gasteiger partial charge in [-0.1, -0.05) is 11.3 Å². The van der Waals surface area contributed by atoms with Crippen LogP contribution in [0.5, 0.6) is 0 Å². The Bertz CT molecular complexity index is 1330. The van der Waals surface area contributed by atoms with Crippen molar-refractivity contribution in [2.75, 3.05) is 62.4 Å². The third kappa shape index (κ3) is 5.45. The topological polar surface area (TPSA) is 100 Å². The molecular weight excluding hydrogens is 474 g/mol. The summed E-state index contributed by atoms with van der Waals surface area (Å²) < 4.78 is 33.4. The number of hydrogen-bond donors (Lipinski definition) is 3. The number of ether oxygens (including phenoxy) is 1. The van der Waals surface area contributed by atoms with Crippen LogP contribution in [0.3, 0.4) is 0 Å². The van der Waals surface area contributed by atoms with Gasteiger partial charge in [-0.3, -0.25) is 4.90 Å². The van der Waals surface area contributed by atoms with Crippen LogP contribution in [0.25, 0.3) is 21.5 Å². The van der Waals surface area contributed by atoms with Crippen molar-refractivity contribution in [1.82, 2.24) is 24.8 Å². The number of anilines is 4. The molecule has 12 heteroatoms. The highest BCUT2D eigenvalue weighted by Gasteiger charge is 2.17. The number of thiazole rings is 1. The van der Waals surface area contributed by atoms with Gasteiger partial charge in [0.15, 0.2) is 5.13 Å². The lowest BCUT2D eigenvalue weighted by Crippen LogP contribution is -2.39. The van der Waals surface area contributed by atoms with Gasteiger partial charge in [0.1, 0.15) is 45.8 Å². The zero-order chi connectivity index (χ0) is 24.2. The molecule has 0 saturated carbocycles. The van der Waals surface area contributed by atoms with E-state index in [-0.39, 0.29) is 5.56 Å². The highest BCUT2D eigenvalue weighted by molar-refractivity contribution is 7.21. The monoisotopic (exact) mass is 498 g/mol. The van der Waals surface area contributed by atoms with E-state index >= 15 is 0 Å². The van der Waals surface area contributed by atoms with Gasteiger partial charge in [-0.05, 0) is 18.2 Å². The number of pyridine rings is 1. The van der Waals surface area contributed by atoms with Crippen LogP contribution in [0.4, 0.5) is 31.4 Å².